The molecule has 0 N–H and O–H groups in total. The van der Waals surface area contributed by atoms with Crippen molar-refractivity contribution in [3.05, 3.63) is 64.3 Å². The topological polar surface area (TPSA) is 58.8 Å². The van der Waals surface area contributed by atoms with Crippen LogP contribution in [0.25, 0.3) is 11.0 Å². The third kappa shape index (κ3) is 4.49. The minimum atomic E-state index is -0.277. The fourth-order valence-electron chi connectivity index (χ4n) is 4.01. The molecule has 0 atom stereocenters. The highest BCUT2D eigenvalue weighted by Crippen LogP contribution is 2.29. The van der Waals surface area contributed by atoms with Crippen molar-refractivity contribution in [2.24, 2.45) is 0 Å². The van der Waals surface area contributed by atoms with Gasteiger partial charge < -0.3 is 14.1 Å². The van der Waals surface area contributed by atoms with Crippen molar-refractivity contribution < 1.29 is 9.15 Å². The Hall–Kier alpha value is -2.86. The van der Waals surface area contributed by atoms with Gasteiger partial charge in [-0.15, -0.1) is 0 Å². The van der Waals surface area contributed by atoms with E-state index in [-0.39, 0.29) is 5.63 Å². The number of fused-ring (bicyclic) bond motifs is 1. The second-order valence-electron chi connectivity index (χ2n) is 7.86. The Balaban J connectivity index is 1.24. The van der Waals surface area contributed by atoms with Gasteiger partial charge in [0, 0.05) is 49.8 Å². The van der Waals surface area contributed by atoms with Gasteiger partial charge in [0.2, 0.25) is 0 Å². The first-order valence-electron chi connectivity index (χ1n) is 10.7. The zero-order valence-corrected chi connectivity index (χ0v) is 17.8. The Morgan fingerprint density at radius 1 is 1.00 bits per heavy atom. The van der Waals surface area contributed by atoms with Crippen molar-refractivity contribution in [3.8, 4) is 5.75 Å². The SMILES string of the molecule is Cc1c(C)c2c(OCCCCN3CCN(c4ccncc4)CC3)cccc2oc1=O. The second kappa shape index (κ2) is 9.30. The van der Waals surface area contributed by atoms with Crippen molar-refractivity contribution in [3.63, 3.8) is 0 Å². The van der Waals surface area contributed by atoms with E-state index in [1.54, 1.807) is 6.92 Å². The molecule has 1 saturated heterocycles. The molecule has 1 aliphatic rings. The van der Waals surface area contributed by atoms with Gasteiger partial charge in [-0.3, -0.25) is 9.88 Å². The van der Waals surface area contributed by atoms with E-state index in [2.05, 4.69) is 26.9 Å². The summed E-state index contributed by atoms with van der Waals surface area (Å²) in [7, 11) is 0. The molecule has 6 nitrogen and oxygen atoms in total. The maximum Gasteiger partial charge on any atom is 0.339 e. The molecular weight excluding hydrogens is 378 g/mol. The Kier molecular flexibility index (Phi) is 6.33. The molecule has 0 amide bonds. The first kappa shape index (κ1) is 20.4. The van der Waals surface area contributed by atoms with Gasteiger partial charge in [-0.2, -0.15) is 0 Å². The number of hydrogen-bond donors (Lipinski definition) is 0. The molecule has 0 aliphatic carbocycles. The molecule has 3 heterocycles. The third-order valence-electron chi connectivity index (χ3n) is 5.96. The number of hydrogen-bond acceptors (Lipinski definition) is 6. The highest BCUT2D eigenvalue weighted by molar-refractivity contribution is 5.87. The first-order chi connectivity index (χ1) is 14.6. The van der Waals surface area contributed by atoms with Gasteiger partial charge in [0.25, 0.3) is 0 Å². The molecule has 1 aliphatic heterocycles. The zero-order chi connectivity index (χ0) is 20.9. The number of unbranched alkanes of at least 4 members (excludes halogenated alkanes) is 1. The molecule has 1 fully saturated rings. The normalized spacial score (nSPS) is 14.9. The van der Waals surface area contributed by atoms with E-state index in [1.807, 2.05) is 37.5 Å². The van der Waals surface area contributed by atoms with E-state index in [0.29, 0.717) is 17.8 Å². The predicted octanol–water partition coefficient (Wildman–Crippen LogP) is 3.79. The molecule has 0 radical (unpaired) electrons. The maximum absolute atomic E-state index is 11.9. The Morgan fingerprint density at radius 2 is 1.77 bits per heavy atom. The standard InChI is InChI=1S/C24H29N3O3/c1-18-19(2)24(28)30-22-7-5-6-21(23(18)22)29-17-4-3-12-26-13-15-27(16-14-26)20-8-10-25-11-9-20/h5-11H,3-4,12-17H2,1-2H3. The highest BCUT2D eigenvalue weighted by Gasteiger charge is 2.17. The molecule has 0 saturated carbocycles. The van der Waals surface area contributed by atoms with Crippen LogP contribution in [-0.2, 0) is 0 Å². The lowest BCUT2D eigenvalue weighted by Gasteiger charge is -2.36. The van der Waals surface area contributed by atoms with Crippen LogP contribution in [0.3, 0.4) is 0 Å². The number of rotatable bonds is 7. The molecular formula is C24H29N3O3. The van der Waals surface area contributed by atoms with Crippen LogP contribution in [0.15, 0.2) is 51.9 Å². The predicted molar refractivity (Wildman–Crippen MR) is 120 cm³/mol. The van der Waals surface area contributed by atoms with Gasteiger partial charge in [-0.05, 0) is 63.1 Å². The van der Waals surface area contributed by atoms with E-state index in [0.717, 1.165) is 62.3 Å². The first-order valence-corrected chi connectivity index (χ1v) is 10.7. The van der Waals surface area contributed by atoms with Gasteiger partial charge in [-0.25, -0.2) is 4.79 Å². The zero-order valence-electron chi connectivity index (χ0n) is 17.8. The maximum atomic E-state index is 11.9. The lowest BCUT2D eigenvalue weighted by atomic mass is 10.1. The highest BCUT2D eigenvalue weighted by atomic mass is 16.5. The van der Waals surface area contributed by atoms with Crippen molar-refractivity contribution in [2.45, 2.75) is 26.7 Å². The van der Waals surface area contributed by atoms with E-state index >= 15 is 0 Å². The lowest BCUT2D eigenvalue weighted by Crippen LogP contribution is -2.46. The minimum Gasteiger partial charge on any atom is -0.493 e. The van der Waals surface area contributed by atoms with E-state index in [4.69, 9.17) is 9.15 Å². The average molecular weight is 408 g/mol. The molecule has 0 bridgehead atoms. The third-order valence-corrected chi connectivity index (χ3v) is 5.96. The smallest absolute Gasteiger partial charge is 0.339 e. The summed E-state index contributed by atoms with van der Waals surface area (Å²) < 4.78 is 11.5. The van der Waals surface area contributed by atoms with Crippen molar-refractivity contribution in [2.75, 3.05) is 44.2 Å². The van der Waals surface area contributed by atoms with Gasteiger partial charge in [0.05, 0.1) is 12.0 Å². The number of anilines is 1. The van der Waals surface area contributed by atoms with Crippen LogP contribution in [0.1, 0.15) is 24.0 Å². The summed E-state index contributed by atoms with van der Waals surface area (Å²) in [6.07, 6.45) is 5.81. The van der Waals surface area contributed by atoms with Crippen LogP contribution < -0.4 is 15.3 Å². The van der Waals surface area contributed by atoms with Gasteiger partial charge >= 0.3 is 5.63 Å². The Labute approximate surface area is 177 Å². The van der Waals surface area contributed by atoms with Crippen molar-refractivity contribution in [1.82, 2.24) is 9.88 Å². The quantitative estimate of drug-likeness (QED) is 0.439. The van der Waals surface area contributed by atoms with Gasteiger partial charge in [0.15, 0.2) is 0 Å². The molecule has 0 unspecified atom stereocenters. The summed E-state index contributed by atoms with van der Waals surface area (Å²) in [5, 5.41) is 0.904. The fraction of sp³-hybridized carbons (Fsp3) is 0.417. The van der Waals surface area contributed by atoms with Crippen molar-refractivity contribution >= 4 is 16.7 Å². The largest absolute Gasteiger partial charge is 0.493 e. The number of pyridine rings is 1. The molecule has 0 spiro atoms. The number of aromatic nitrogens is 1. The summed E-state index contributed by atoms with van der Waals surface area (Å²) in [5.41, 5.74) is 3.15. The summed E-state index contributed by atoms with van der Waals surface area (Å²) in [5.74, 6) is 0.794. The number of nitrogens with zero attached hydrogens (tertiary/aromatic N) is 3. The molecule has 3 aromatic rings. The van der Waals surface area contributed by atoms with Gasteiger partial charge in [0.1, 0.15) is 11.3 Å². The summed E-state index contributed by atoms with van der Waals surface area (Å²) in [4.78, 5) is 20.9. The molecule has 1 aromatic carbocycles. The minimum absolute atomic E-state index is 0.277. The van der Waals surface area contributed by atoms with E-state index in [1.165, 1.54) is 5.69 Å². The average Bonchev–Trinajstić information content (AvgIpc) is 2.78. The molecule has 2 aromatic heterocycles. The summed E-state index contributed by atoms with van der Waals surface area (Å²) >= 11 is 0. The molecule has 30 heavy (non-hydrogen) atoms. The fourth-order valence-corrected chi connectivity index (χ4v) is 4.01. The molecule has 6 heteroatoms. The summed E-state index contributed by atoms with van der Waals surface area (Å²) in [6.45, 7) is 9.79. The van der Waals surface area contributed by atoms with Crippen LogP contribution in [-0.4, -0.2) is 49.2 Å². The number of ether oxygens (including phenoxy) is 1. The summed E-state index contributed by atoms with van der Waals surface area (Å²) in [6, 6.07) is 9.80. The van der Waals surface area contributed by atoms with Crippen LogP contribution in [0.5, 0.6) is 5.75 Å². The molecule has 158 valence electrons. The van der Waals surface area contributed by atoms with Gasteiger partial charge in [-0.1, -0.05) is 6.07 Å². The lowest BCUT2D eigenvalue weighted by molar-refractivity contribution is 0.239. The number of piperazine rings is 1. The Bertz CT molecular complexity index is 1040. The van der Waals surface area contributed by atoms with Crippen molar-refractivity contribution in [1.29, 1.82) is 0 Å². The Morgan fingerprint density at radius 3 is 2.53 bits per heavy atom. The number of aryl methyl sites for hydroxylation is 1. The monoisotopic (exact) mass is 407 g/mol. The molecule has 4 rings (SSSR count). The van der Waals surface area contributed by atoms with E-state index in [9.17, 15) is 4.79 Å². The number of benzene rings is 1. The van der Waals surface area contributed by atoms with Crippen LogP contribution in [0.2, 0.25) is 0 Å². The van der Waals surface area contributed by atoms with E-state index < -0.39 is 0 Å². The van der Waals surface area contributed by atoms with Crippen LogP contribution >= 0.6 is 0 Å². The second-order valence-corrected chi connectivity index (χ2v) is 7.86. The van der Waals surface area contributed by atoms with Crippen LogP contribution in [0, 0.1) is 13.8 Å². The van der Waals surface area contributed by atoms with Crippen LogP contribution in [0.4, 0.5) is 5.69 Å².